The molecule has 1 atom stereocenters. The average molecular weight is 269 g/mol. The predicted molar refractivity (Wildman–Crippen MR) is 79.2 cm³/mol. The lowest BCUT2D eigenvalue weighted by molar-refractivity contribution is -0.122. The Hall–Kier alpha value is -2.36. The number of aryl methyl sites for hydroxylation is 1. The molecule has 0 radical (unpaired) electrons. The zero-order chi connectivity index (χ0) is 14.4. The van der Waals surface area contributed by atoms with Gasteiger partial charge < -0.3 is 5.32 Å². The van der Waals surface area contributed by atoms with Crippen LogP contribution < -0.4 is 5.32 Å². The van der Waals surface area contributed by atoms with Gasteiger partial charge in [-0.2, -0.15) is 5.10 Å². The number of aromatic amines is 1. The molecule has 1 heterocycles. The second-order valence-electron chi connectivity index (χ2n) is 4.74. The number of H-pyrrole nitrogens is 1. The van der Waals surface area contributed by atoms with Crippen molar-refractivity contribution in [1.82, 2.24) is 15.5 Å². The summed E-state index contributed by atoms with van der Waals surface area (Å²) in [7, 11) is 0. The van der Waals surface area contributed by atoms with Crippen molar-refractivity contribution in [2.45, 2.75) is 25.8 Å². The molecule has 0 saturated carbocycles. The van der Waals surface area contributed by atoms with E-state index in [1.54, 1.807) is 12.3 Å². The third-order valence-electron chi connectivity index (χ3n) is 3.29. The lowest BCUT2D eigenvalue weighted by Gasteiger charge is -2.15. The second-order valence-corrected chi connectivity index (χ2v) is 4.74. The van der Waals surface area contributed by atoms with Crippen LogP contribution in [-0.4, -0.2) is 16.1 Å². The molecule has 0 aliphatic rings. The molecule has 2 N–H and O–H groups in total. The molecule has 0 spiro atoms. The first-order valence-electron chi connectivity index (χ1n) is 6.64. The van der Waals surface area contributed by atoms with E-state index in [4.69, 9.17) is 0 Å². The zero-order valence-corrected chi connectivity index (χ0v) is 11.6. The van der Waals surface area contributed by atoms with Crippen LogP contribution in [0.2, 0.25) is 0 Å². The van der Waals surface area contributed by atoms with Gasteiger partial charge in [-0.3, -0.25) is 9.89 Å². The molecule has 0 aliphatic heterocycles. The summed E-state index contributed by atoms with van der Waals surface area (Å²) in [6.07, 6.45) is 4.15. The molecule has 0 fully saturated rings. The summed E-state index contributed by atoms with van der Waals surface area (Å²) in [6.45, 7) is 6.16. The first-order valence-corrected chi connectivity index (χ1v) is 6.64. The maximum absolute atomic E-state index is 12.3. The Kier molecular flexibility index (Phi) is 4.71. The van der Waals surface area contributed by atoms with Crippen molar-refractivity contribution in [3.63, 3.8) is 0 Å². The molecule has 104 valence electrons. The third kappa shape index (κ3) is 3.35. The van der Waals surface area contributed by atoms with Crippen molar-refractivity contribution in [2.75, 3.05) is 0 Å². The van der Waals surface area contributed by atoms with E-state index in [0.29, 0.717) is 13.0 Å². The first-order chi connectivity index (χ1) is 9.72. The monoisotopic (exact) mass is 269 g/mol. The number of carbonyl (C=O) groups excluding carboxylic acids is 1. The number of rotatable bonds is 6. The fourth-order valence-corrected chi connectivity index (χ4v) is 2.10. The summed E-state index contributed by atoms with van der Waals surface area (Å²) in [5.74, 6) is -0.193. The Balaban J connectivity index is 2.04. The van der Waals surface area contributed by atoms with Crippen molar-refractivity contribution >= 4 is 5.91 Å². The van der Waals surface area contributed by atoms with Crippen LogP contribution in [0.15, 0.2) is 49.2 Å². The Morgan fingerprint density at radius 2 is 2.20 bits per heavy atom. The molecule has 0 aliphatic carbocycles. The van der Waals surface area contributed by atoms with Crippen LogP contribution in [0.3, 0.4) is 0 Å². The molecule has 4 heteroatoms. The standard InChI is InChI=1S/C16H19N3O/c1-3-7-14(13-8-5-4-6-9-13)16(20)17-11-15-12(2)10-18-19-15/h3-6,8-10,14H,1,7,11H2,2H3,(H,17,20)(H,18,19). The van der Waals surface area contributed by atoms with Crippen LogP contribution in [0.4, 0.5) is 0 Å². The van der Waals surface area contributed by atoms with Crippen LogP contribution in [0, 0.1) is 6.92 Å². The van der Waals surface area contributed by atoms with Crippen LogP contribution in [0.25, 0.3) is 0 Å². The van der Waals surface area contributed by atoms with E-state index in [-0.39, 0.29) is 11.8 Å². The zero-order valence-electron chi connectivity index (χ0n) is 11.6. The molecular formula is C16H19N3O. The molecule has 0 saturated heterocycles. The molecular weight excluding hydrogens is 250 g/mol. The van der Waals surface area contributed by atoms with Crippen LogP contribution in [0.5, 0.6) is 0 Å². The summed E-state index contributed by atoms with van der Waals surface area (Å²) in [6, 6.07) is 9.76. The van der Waals surface area contributed by atoms with Crippen LogP contribution in [0.1, 0.15) is 29.2 Å². The maximum Gasteiger partial charge on any atom is 0.228 e. The van der Waals surface area contributed by atoms with Gasteiger partial charge in [-0.15, -0.1) is 6.58 Å². The lowest BCUT2D eigenvalue weighted by atomic mass is 9.95. The second kappa shape index (κ2) is 6.70. The van der Waals surface area contributed by atoms with E-state index in [9.17, 15) is 4.79 Å². The van der Waals surface area contributed by atoms with Crippen molar-refractivity contribution in [1.29, 1.82) is 0 Å². The van der Waals surface area contributed by atoms with E-state index >= 15 is 0 Å². The normalized spacial score (nSPS) is 11.8. The molecule has 1 aromatic heterocycles. The first kappa shape index (κ1) is 14.1. The van der Waals surface area contributed by atoms with E-state index in [2.05, 4.69) is 22.1 Å². The molecule has 1 unspecified atom stereocenters. The molecule has 4 nitrogen and oxygen atoms in total. The number of nitrogens with zero attached hydrogens (tertiary/aromatic N) is 1. The van der Waals surface area contributed by atoms with Crippen molar-refractivity contribution < 1.29 is 4.79 Å². The minimum Gasteiger partial charge on any atom is -0.350 e. The number of allylic oxidation sites excluding steroid dienone is 1. The van der Waals surface area contributed by atoms with Gasteiger partial charge in [-0.25, -0.2) is 0 Å². The summed E-state index contributed by atoms with van der Waals surface area (Å²) in [5, 5.41) is 9.78. The van der Waals surface area contributed by atoms with Crippen LogP contribution in [-0.2, 0) is 11.3 Å². The van der Waals surface area contributed by atoms with E-state index in [1.807, 2.05) is 37.3 Å². The molecule has 1 aromatic carbocycles. The highest BCUT2D eigenvalue weighted by Crippen LogP contribution is 2.20. The van der Waals surface area contributed by atoms with Gasteiger partial charge in [-0.05, 0) is 24.5 Å². The van der Waals surface area contributed by atoms with Gasteiger partial charge >= 0.3 is 0 Å². The SMILES string of the molecule is C=CCC(C(=O)NCc1[nH]ncc1C)c1ccccc1. The smallest absolute Gasteiger partial charge is 0.228 e. The highest BCUT2D eigenvalue weighted by atomic mass is 16.1. The Morgan fingerprint density at radius 1 is 1.45 bits per heavy atom. The highest BCUT2D eigenvalue weighted by molar-refractivity contribution is 5.83. The van der Waals surface area contributed by atoms with Crippen molar-refractivity contribution in [2.24, 2.45) is 0 Å². The third-order valence-corrected chi connectivity index (χ3v) is 3.29. The van der Waals surface area contributed by atoms with Gasteiger partial charge in [0.2, 0.25) is 5.91 Å². The number of carbonyl (C=O) groups is 1. The van der Waals surface area contributed by atoms with Gasteiger partial charge in [0, 0.05) is 0 Å². The summed E-state index contributed by atoms with van der Waals surface area (Å²) in [4.78, 5) is 12.3. The number of aromatic nitrogens is 2. The number of hydrogen-bond donors (Lipinski definition) is 2. The molecule has 2 aromatic rings. The fourth-order valence-electron chi connectivity index (χ4n) is 2.10. The van der Waals surface area contributed by atoms with Crippen molar-refractivity contribution in [3.05, 3.63) is 66.0 Å². The van der Waals surface area contributed by atoms with Gasteiger partial charge in [0.25, 0.3) is 0 Å². The Labute approximate surface area is 118 Å². The number of nitrogens with one attached hydrogen (secondary N) is 2. The summed E-state index contributed by atoms with van der Waals surface area (Å²) in [5.41, 5.74) is 2.99. The fraction of sp³-hybridized carbons (Fsp3) is 0.250. The summed E-state index contributed by atoms with van der Waals surface area (Å²) < 4.78 is 0. The Morgan fingerprint density at radius 3 is 2.80 bits per heavy atom. The van der Waals surface area contributed by atoms with Gasteiger partial charge in [0.15, 0.2) is 0 Å². The molecule has 20 heavy (non-hydrogen) atoms. The average Bonchev–Trinajstić information content (AvgIpc) is 2.88. The van der Waals surface area contributed by atoms with E-state index in [1.165, 1.54) is 0 Å². The largest absolute Gasteiger partial charge is 0.350 e. The topological polar surface area (TPSA) is 57.8 Å². The van der Waals surface area contributed by atoms with E-state index in [0.717, 1.165) is 16.8 Å². The molecule has 1 amide bonds. The number of amides is 1. The maximum atomic E-state index is 12.3. The number of hydrogen-bond acceptors (Lipinski definition) is 2. The lowest BCUT2D eigenvalue weighted by Crippen LogP contribution is -2.29. The minimum absolute atomic E-state index is 0.00472. The Bertz CT molecular complexity index is 574. The quantitative estimate of drug-likeness (QED) is 0.792. The molecule has 0 bridgehead atoms. The summed E-state index contributed by atoms with van der Waals surface area (Å²) >= 11 is 0. The van der Waals surface area contributed by atoms with Gasteiger partial charge in [0.1, 0.15) is 0 Å². The molecule has 2 rings (SSSR count). The van der Waals surface area contributed by atoms with Crippen LogP contribution >= 0.6 is 0 Å². The van der Waals surface area contributed by atoms with E-state index < -0.39 is 0 Å². The minimum atomic E-state index is -0.197. The van der Waals surface area contributed by atoms with Gasteiger partial charge in [-0.1, -0.05) is 36.4 Å². The number of benzene rings is 1. The highest BCUT2D eigenvalue weighted by Gasteiger charge is 2.18. The predicted octanol–water partition coefficient (Wildman–Crippen LogP) is 2.69. The van der Waals surface area contributed by atoms with Crippen molar-refractivity contribution in [3.8, 4) is 0 Å². The van der Waals surface area contributed by atoms with Gasteiger partial charge in [0.05, 0.1) is 24.4 Å².